The lowest BCUT2D eigenvalue weighted by Gasteiger charge is -2.11. The average Bonchev–Trinajstić information content (AvgIpc) is 3.27. The minimum absolute atomic E-state index is 0.00340. The van der Waals surface area contributed by atoms with Gasteiger partial charge in [0.1, 0.15) is 4.90 Å². The van der Waals surface area contributed by atoms with Crippen LogP contribution in [0.2, 0.25) is 10.0 Å². The molecule has 0 saturated carbocycles. The molecule has 166 valence electrons. The molecular weight excluding hydrogens is 503 g/mol. The quantitative estimate of drug-likeness (QED) is 0.319. The summed E-state index contributed by atoms with van der Waals surface area (Å²) in [6.45, 7) is 1.85. The van der Waals surface area contributed by atoms with E-state index >= 15 is 0 Å². The maximum Gasteiger partial charge on any atom is 0.339 e. The Morgan fingerprint density at radius 3 is 2.39 bits per heavy atom. The Morgan fingerprint density at radius 2 is 1.70 bits per heavy atom. The van der Waals surface area contributed by atoms with Crippen molar-refractivity contribution in [2.75, 3.05) is 0 Å². The number of thiazole rings is 1. The summed E-state index contributed by atoms with van der Waals surface area (Å²) in [7, 11) is -4.12. The lowest BCUT2D eigenvalue weighted by atomic mass is 10.2. The number of hydrogen-bond donors (Lipinski definition) is 0. The number of halogens is 2. The largest absolute Gasteiger partial charge is 0.376 e. The van der Waals surface area contributed by atoms with Crippen molar-refractivity contribution in [1.82, 2.24) is 9.38 Å². The molecule has 2 heterocycles. The Hall–Kier alpha value is -2.91. The van der Waals surface area contributed by atoms with E-state index in [0.29, 0.717) is 15.1 Å². The van der Waals surface area contributed by atoms with Crippen LogP contribution in [0.1, 0.15) is 11.1 Å². The maximum atomic E-state index is 12.9. The number of fused-ring (bicyclic) bond motifs is 3. The van der Waals surface area contributed by atoms with Crippen LogP contribution < -0.4 is 14.3 Å². The van der Waals surface area contributed by atoms with E-state index in [4.69, 9.17) is 27.4 Å². The number of nitrogens with zero attached hydrogens (tertiary/aromatic N) is 2. The number of aryl methyl sites for hydroxylation is 1. The molecular formula is C23H14Cl2N2O4S2. The average molecular weight is 517 g/mol. The standard InChI is InChI=1S/C23H14Cl2N2O4S2/c1-13-6-8-15(9-7-13)33(29,30)31-21-16(24)10-14(11-17(21)25)12-20-22(28)27-19-5-3-2-4-18(19)26-23(27)32-20/h2-12H,1H3/b20-12-. The molecule has 0 N–H and O–H groups in total. The monoisotopic (exact) mass is 516 g/mol. The summed E-state index contributed by atoms with van der Waals surface area (Å²) >= 11 is 13.9. The highest BCUT2D eigenvalue weighted by Gasteiger charge is 2.21. The highest BCUT2D eigenvalue weighted by molar-refractivity contribution is 7.87. The predicted molar refractivity (Wildman–Crippen MR) is 131 cm³/mol. The van der Waals surface area contributed by atoms with Crippen LogP contribution in [0.5, 0.6) is 5.75 Å². The zero-order chi connectivity index (χ0) is 23.3. The molecule has 0 fully saturated rings. The molecule has 3 aromatic carbocycles. The van der Waals surface area contributed by atoms with Crippen molar-refractivity contribution in [3.05, 3.63) is 96.7 Å². The Balaban J connectivity index is 1.54. The molecule has 5 rings (SSSR count). The van der Waals surface area contributed by atoms with E-state index in [1.165, 1.54) is 35.6 Å². The molecule has 0 saturated heterocycles. The van der Waals surface area contributed by atoms with E-state index in [1.54, 1.807) is 22.6 Å². The van der Waals surface area contributed by atoms with E-state index in [1.807, 2.05) is 31.2 Å². The summed E-state index contributed by atoms with van der Waals surface area (Å²) in [4.78, 5) is 18.0. The van der Waals surface area contributed by atoms with Gasteiger partial charge in [-0.05, 0) is 55.0 Å². The molecule has 0 atom stereocenters. The van der Waals surface area contributed by atoms with Gasteiger partial charge >= 0.3 is 10.1 Å². The van der Waals surface area contributed by atoms with Crippen molar-refractivity contribution in [2.45, 2.75) is 11.8 Å². The van der Waals surface area contributed by atoms with Crippen LogP contribution in [0.25, 0.3) is 22.1 Å². The number of rotatable bonds is 4. The van der Waals surface area contributed by atoms with Crippen LogP contribution in [0.15, 0.2) is 70.4 Å². The molecule has 10 heteroatoms. The lowest BCUT2D eigenvalue weighted by Crippen LogP contribution is -2.22. The van der Waals surface area contributed by atoms with Crippen LogP contribution in [0, 0.1) is 6.92 Å². The Morgan fingerprint density at radius 1 is 1.03 bits per heavy atom. The normalized spacial score (nSPS) is 12.6. The van der Waals surface area contributed by atoms with Crippen molar-refractivity contribution in [3.8, 4) is 5.75 Å². The van der Waals surface area contributed by atoms with Gasteiger partial charge in [0, 0.05) is 0 Å². The van der Waals surface area contributed by atoms with E-state index in [2.05, 4.69) is 4.98 Å². The van der Waals surface area contributed by atoms with Crippen molar-refractivity contribution < 1.29 is 12.6 Å². The fourth-order valence-corrected chi connectivity index (χ4v) is 5.99. The van der Waals surface area contributed by atoms with Crippen LogP contribution in [-0.2, 0) is 10.1 Å². The number of para-hydroxylation sites is 2. The van der Waals surface area contributed by atoms with Gasteiger partial charge in [-0.3, -0.25) is 4.79 Å². The third kappa shape index (κ3) is 4.00. The van der Waals surface area contributed by atoms with Gasteiger partial charge < -0.3 is 4.18 Å². The number of hydrogen-bond acceptors (Lipinski definition) is 6. The van der Waals surface area contributed by atoms with Crippen LogP contribution >= 0.6 is 34.5 Å². The first-order valence-corrected chi connectivity index (χ1v) is 12.6. The zero-order valence-electron chi connectivity index (χ0n) is 17.0. The van der Waals surface area contributed by atoms with Crippen LogP contribution in [0.3, 0.4) is 0 Å². The van der Waals surface area contributed by atoms with Crippen LogP contribution in [-0.4, -0.2) is 17.8 Å². The van der Waals surface area contributed by atoms with Gasteiger partial charge in [0.15, 0.2) is 10.7 Å². The molecule has 2 aromatic heterocycles. The highest BCUT2D eigenvalue weighted by atomic mass is 35.5. The van der Waals surface area contributed by atoms with Gasteiger partial charge in [0.05, 0.1) is 25.6 Å². The van der Waals surface area contributed by atoms with E-state index in [9.17, 15) is 13.2 Å². The molecule has 5 aromatic rings. The summed E-state index contributed by atoms with van der Waals surface area (Å²) < 4.78 is 32.5. The second kappa shape index (κ2) is 8.14. The molecule has 0 aliphatic rings. The van der Waals surface area contributed by atoms with Gasteiger partial charge in [-0.1, -0.05) is 64.4 Å². The van der Waals surface area contributed by atoms with Crippen molar-refractivity contribution in [2.24, 2.45) is 0 Å². The summed E-state index contributed by atoms with van der Waals surface area (Å²) in [5, 5.41) is 0.00679. The molecule has 0 bridgehead atoms. The van der Waals surface area contributed by atoms with Crippen LogP contribution in [0.4, 0.5) is 0 Å². The maximum absolute atomic E-state index is 12.9. The SMILES string of the molecule is Cc1ccc(S(=O)(=O)Oc2c(Cl)cc(/C=c3\sc4nc5ccccc5n4c3=O)cc2Cl)cc1. The third-order valence-corrected chi connectivity index (χ3v) is 7.73. The Kier molecular flexibility index (Phi) is 5.41. The highest BCUT2D eigenvalue weighted by Crippen LogP contribution is 2.36. The fourth-order valence-electron chi connectivity index (χ4n) is 3.37. The molecule has 0 spiro atoms. The molecule has 0 radical (unpaired) electrons. The second-order valence-corrected chi connectivity index (χ2v) is 10.7. The third-order valence-electron chi connectivity index (χ3n) is 4.97. The number of benzene rings is 3. The van der Waals surface area contributed by atoms with Gasteiger partial charge in [-0.2, -0.15) is 8.42 Å². The number of imidazole rings is 1. The summed E-state index contributed by atoms with van der Waals surface area (Å²) in [5.74, 6) is -0.176. The zero-order valence-corrected chi connectivity index (χ0v) is 20.1. The van der Waals surface area contributed by atoms with Gasteiger partial charge in [-0.15, -0.1) is 0 Å². The first-order valence-electron chi connectivity index (χ1n) is 9.65. The topological polar surface area (TPSA) is 77.7 Å². The van der Waals surface area contributed by atoms with Gasteiger partial charge in [0.2, 0.25) is 0 Å². The minimum Gasteiger partial charge on any atom is -0.376 e. The molecule has 0 unspecified atom stereocenters. The fraction of sp³-hybridized carbons (Fsp3) is 0.0435. The van der Waals surface area contributed by atoms with Crippen molar-refractivity contribution in [3.63, 3.8) is 0 Å². The Labute approximate surface area is 202 Å². The van der Waals surface area contributed by atoms with Crippen molar-refractivity contribution >= 4 is 66.7 Å². The molecule has 0 amide bonds. The predicted octanol–water partition coefficient (Wildman–Crippen LogP) is 4.84. The molecule has 6 nitrogen and oxygen atoms in total. The van der Waals surface area contributed by atoms with E-state index < -0.39 is 10.1 Å². The summed E-state index contributed by atoms with van der Waals surface area (Å²) in [6, 6.07) is 16.6. The molecule has 0 aliphatic heterocycles. The first-order chi connectivity index (χ1) is 15.7. The van der Waals surface area contributed by atoms with E-state index in [-0.39, 0.29) is 26.2 Å². The second-order valence-electron chi connectivity index (χ2n) is 7.30. The molecule has 0 aliphatic carbocycles. The summed E-state index contributed by atoms with van der Waals surface area (Å²) in [5.41, 5.74) is 2.70. The smallest absolute Gasteiger partial charge is 0.339 e. The van der Waals surface area contributed by atoms with Crippen molar-refractivity contribution in [1.29, 1.82) is 0 Å². The Bertz CT molecular complexity index is 1740. The first kappa shape index (κ1) is 21.9. The molecule has 33 heavy (non-hydrogen) atoms. The summed E-state index contributed by atoms with van der Waals surface area (Å²) in [6.07, 6.45) is 1.63. The van der Waals surface area contributed by atoms with Gasteiger partial charge in [0.25, 0.3) is 5.56 Å². The van der Waals surface area contributed by atoms with E-state index in [0.717, 1.165) is 16.6 Å². The lowest BCUT2D eigenvalue weighted by molar-refractivity contribution is 0.486. The minimum atomic E-state index is -4.12. The van der Waals surface area contributed by atoms with Gasteiger partial charge in [-0.25, -0.2) is 9.38 Å². The number of aromatic nitrogens is 2.